The zero-order valence-electron chi connectivity index (χ0n) is 18.6. The van der Waals surface area contributed by atoms with Crippen LogP contribution in [-0.2, 0) is 16.0 Å². The number of fused-ring (bicyclic) bond motifs is 1. The van der Waals surface area contributed by atoms with Gasteiger partial charge in [-0.15, -0.1) is 0 Å². The van der Waals surface area contributed by atoms with Gasteiger partial charge < -0.3 is 24.3 Å². The summed E-state index contributed by atoms with van der Waals surface area (Å²) in [6.07, 6.45) is -0.901. The van der Waals surface area contributed by atoms with E-state index in [0.29, 0.717) is 28.7 Å². The van der Waals surface area contributed by atoms with Crippen molar-refractivity contribution in [2.45, 2.75) is 19.6 Å². The molecule has 2 aromatic carbocycles. The Labute approximate surface area is 208 Å². The van der Waals surface area contributed by atoms with E-state index in [-0.39, 0.29) is 30.0 Å². The Morgan fingerprint density at radius 1 is 1.26 bits per heavy atom. The fraction of sp³-hybridized carbons (Fsp3) is 0.348. The molecule has 0 saturated carbocycles. The van der Waals surface area contributed by atoms with Gasteiger partial charge in [0.25, 0.3) is 5.91 Å². The fourth-order valence-electron chi connectivity index (χ4n) is 4.02. The number of methoxy groups -OCH3 is 1. The number of carbonyl (C=O) groups is 2. The summed E-state index contributed by atoms with van der Waals surface area (Å²) in [5, 5.41) is 2.52. The minimum absolute atomic E-state index is 0.0789. The van der Waals surface area contributed by atoms with Crippen LogP contribution in [0.1, 0.15) is 15.9 Å². The van der Waals surface area contributed by atoms with E-state index in [1.807, 2.05) is 47.7 Å². The van der Waals surface area contributed by atoms with E-state index in [0.717, 1.165) is 17.7 Å². The van der Waals surface area contributed by atoms with Gasteiger partial charge in [0, 0.05) is 12.1 Å². The van der Waals surface area contributed by atoms with Crippen LogP contribution in [0.15, 0.2) is 30.3 Å². The molecule has 3 aromatic rings. The lowest BCUT2D eigenvalue weighted by atomic mass is 10.1. The number of alkyl halides is 1. The lowest BCUT2D eigenvalue weighted by Gasteiger charge is -2.32. The Bertz CT molecular complexity index is 1230. The Morgan fingerprint density at radius 2 is 2.00 bits per heavy atom. The third-order valence-corrected chi connectivity index (χ3v) is 6.00. The molecule has 0 aliphatic carbocycles. The Kier molecular flexibility index (Phi) is 7.31. The number of aromatic nitrogens is 2. The molecule has 0 radical (unpaired) electrons. The first-order valence-corrected chi connectivity index (χ1v) is 12.1. The Morgan fingerprint density at radius 3 is 2.68 bits per heavy atom. The molecule has 0 unspecified atom stereocenters. The number of carbonyl (C=O) groups excluding carboxylic acids is 2. The smallest absolute Gasteiger partial charge is 0.409 e. The molecule has 1 fully saturated rings. The number of aryl methyl sites for hydroxylation is 1. The van der Waals surface area contributed by atoms with Gasteiger partial charge in [-0.2, -0.15) is 0 Å². The number of amides is 2. The molecule has 8 nitrogen and oxygen atoms in total. The van der Waals surface area contributed by atoms with E-state index in [1.54, 1.807) is 4.57 Å². The van der Waals surface area contributed by atoms with E-state index in [9.17, 15) is 9.59 Å². The molecule has 1 saturated heterocycles. The summed E-state index contributed by atoms with van der Waals surface area (Å²) in [5.74, 6) is -2.28. The third-order valence-electron chi connectivity index (χ3n) is 5.62. The number of halogens is 3. The van der Waals surface area contributed by atoms with Gasteiger partial charge in [-0.3, -0.25) is 4.79 Å². The average molecular weight is 584 g/mol. The average Bonchev–Trinajstić information content (AvgIpc) is 3.15. The number of nitrogens with zero attached hydrogens (tertiary/aromatic N) is 3. The molecule has 2 amide bonds. The highest BCUT2D eigenvalue weighted by atomic mass is 127. The standard InChI is InChI=1S/C23H23F2IN4O4/c1-13-3-4-19-18(7-13)28-21(20-16(24)8-14(9-17(20)25)22(31)27-12-26)30(19)11-15-10-29(5-6-34-15)23(32)33-2/h3-4,7-9,15H,5-6,10-12H2,1-2H3,(H,27,31)/t15-/m0/s1. The third kappa shape index (κ3) is 4.85. The van der Waals surface area contributed by atoms with Crippen LogP contribution in [0.5, 0.6) is 0 Å². The van der Waals surface area contributed by atoms with Crippen LogP contribution in [0.3, 0.4) is 0 Å². The molecule has 0 spiro atoms. The molecule has 180 valence electrons. The topological polar surface area (TPSA) is 85.7 Å². The van der Waals surface area contributed by atoms with Crippen molar-refractivity contribution < 1.29 is 27.8 Å². The van der Waals surface area contributed by atoms with E-state index < -0.39 is 29.7 Å². The second-order valence-electron chi connectivity index (χ2n) is 7.90. The summed E-state index contributed by atoms with van der Waals surface area (Å²) in [6.45, 7) is 3.07. The van der Waals surface area contributed by atoms with Crippen LogP contribution in [0.4, 0.5) is 13.6 Å². The predicted octanol–water partition coefficient (Wildman–Crippen LogP) is 3.88. The molecule has 0 bridgehead atoms. The molecule has 1 atom stereocenters. The lowest BCUT2D eigenvalue weighted by Crippen LogP contribution is -2.47. The number of rotatable bonds is 5. The van der Waals surface area contributed by atoms with Crippen molar-refractivity contribution in [1.82, 2.24) is 19.8 Å². The van der Waals surface area contributed by atoms with Crippen LogP contribution in [0.25, 0.3) is 22.4 Å². The number of imidazole rings is 1. The summed E-state index contributed by atoms with van der Waals surface area (Å²) < 4.78 is 43.0. The number of hydrogen-bond acceptors (Lipinski definition) is 5. The van der Waals surface area contributed by atoms with Crippen LogP contribution in [0.2, 0.25) is 0 Å². The van der Waals surface area contributed by atoms with Crippen LogP contribution in [-0.4, -0.2) is 63.9 Å². The van der Waals surface area contributed by atoms with Crippen molar-refractivity contribution in [1.29, 1.82) is 0 Å². The summed E-state index contributed by atoms with van der Waals surface area (Å²) in [7, 11) is 1.31. The number of hydrogen-bond donors (Lipinski definition) is 1. The van der Waals surface area contributed by atoms with Crippen molar-refractivity contribution in [2.24, 2.45) is 0 Å². The van der Waals surface area contributed by atoms with Gasteiger partial charge in [0.05, 0.1) is 54.1 Å². The highest BCUT2D eigenvalue weighted by molar-refractivity contribution is 14.1. The van der Waals surface area contributed by atoms with Gasteiger partial charge in [0.2, 0.25) is 0 Å². The van der Waals surface area contributed by atoms with E-state index in [1.165, 1.54) is 12.0 Å². The zero-order chi connectivity index (χ0) is 24.4. The first kappa shape index (κ1) is 24.3. The van der Waals surface area contributed by atoms with Gasteiger partial charge in [-0.25, -0.2) is 18.6 Å². The van der Waals surface area contributed by atoms with Crippen LogP contribution >= 0.6 is 22.6 Å². The minimum atomic E-state index is -0.896. The fourth-order valence-corrected chi connectivity index (χ4v) is 4.37. The maximum Gasteiger partial charge on any atom is 0.409 e. The largest absolute Gasteiger partial charge is 0.453 e. The number of nitrogens with one attached hydrogen (secondary N) is 1. The Balaban J connectivity index is 1.77. The van der Waals surface area contributed by atoms with Gasteiger partial charge >= 0.3 is 6.09 Å². The number of ether oxygens (including phenoxy) is 2. The highest BCUT2D eigenvalue weighted by Crippen LogP contribution is 2.31. The molecule has 1 N–H and O–H groups in total. The van der Waals surface area contributed by atoms with Gasteiger partial charge in [0.15, 0.2) is 0 Å². The molecular weight excluding hydrogens is 561 g/mol. The van der Waals surface area contributed by atoms with Crippen molar-refractivity contribution in [3.8, 4) is 11.4 Å². The van der Waals surface area contributed by atoms with E-state index in [4.69, 9.17) is 9.47 Å². The lowest BCUT2D eigenvalue weighted by molar-refractivity contribution is -0.0310. The number of benzene rings is 2. The van der Waals surface area contributed by atoms with Crippen LogP contribution < -0.4 is 5.32 Å². The molecular formula is C23H23F2IN4O4. The van der Waals surface area contributed by atoms with Crippen molar-refractivity contribution >= 4 is 45.6 Å². The second kappa shape index (κ2) is 10.2. The molecule has 1 aromatic heterocycles. The summed E-state index contributed by atoms with van der Waals surface area (Å²) >= 11 is 1.93. The summed E-state index contributed by atoms with van der Waals surface area (Å²) in [6, 6.07) is 7.56. The van der Waals surface area contributed by atoms with Gasteiger partial charge in [-0.1, -0.05) is 28.7 Å². The molecule has 11 heteroatoms. The van der Waals surface area contributed by atoms with Crippen molar-refractivity contribution in [2.75, 3.05) is 31.4 Å². The SMILES string of the molecule is COC(=O)N1CCO[C@H](Cn2c(-c3c(F)cc(C(=O)NCI)cc3F)nc3cc(C)ccc32)C1. The molecule has 34 heavy (non-hydrogen) atoms. The second-order valence-corrected chi connectivity index (χ2v) is 8.66. The zero-order valence-corrected chi connectivity index (χ0v) is 20.8. The van der Waals surface area contributed by atoms with Gasteiger partial charge in [-0.05, 0) is 36.8 Å². The molecule has 1 aliphatic rings. The van der Waals surface area contributed by atoms with E-state index in [2.05, 4.69) is 10.3 Å². The highest BCUT2D eigenvalue weighted by Gasteiger charge is 2.28. The monoisotopic (exact) mass is 584 g/mol. The number of morpholine rings is 1. The molecule has 2 heterocycles. The van der Waals surface area contributed by atoms with Crippen molar-refractivity contribution in [3.05, 3.63) is 53.1 Å². The Hall–Kier alpha value is -2.80. The maximum absolute atomic E-state index is 15.2. The maximum atomic E-state index is 15.2. The normalized spacial score (nSPS) is 16.0. The quantitative estimate of drug-likeness (QED) is 0.280. The first-order valence-electron chi connectivity index (χ1n) is 10.6. The van der Waals surface area contributed by atoms with Gasteiger partial charge in [0.1, 0.15) is 17.5 Å². The molecule has 1 aliphatic heterocycles. The summed E-state index contributed by atoms with van der Waals surface area (Å²) in [4.78, 5) is 30.1. The minimum Gasteiger partial charge on any atom is -0.453 e. The predicted molar refractivity (Wildman–Crippen MR) is 130 cm³/mol. The van der Waals surface area contributed by atoms with E-state index >= 15 is 8.78 Å². The first-order chi connectivity index (χ1) is 16.3. The molecule has 4 rings (SSSR count). The summed E-state index contributed by atoms with van der Waals surface area (Å²) in [5.41, 5.74) is 1.74. The van der Waals surface area contributed by atoms with Crippen LogP contribution in [0, 0.1) is 18.6 Å². The van der Waals surface area contributed by atoms with Crippen molar-refractivity contribution in [3.63, 3.8) is 0 Å².